The Morgan fingerprint density at radius 1 is 1.22 bits per heavy atom. The van der Waals surface area contributed by atoms with E-state index in [1.807, 2.05) is 29.6 Å². The molecule has 0 saturated carbocycles. The first-order chi connectivity index (χ1) is 13.1. The molecule has 7 heteroatoms. The van der Waals surface area contributed by atoms with Gasteiger partial charge in [-0.05, 0) is 41.5 Å². The quantitative estimate of drug-likeness (QED) is 0.523. The summed E-state index contributed by atoms with van der Waals surface area (Å²) in [7, 11) is 0. The third-order valence-corrected chi connectivity index (χ3v) is 5.93. The van der Waals surface area contributed by atoms with Gasteiger partial charge in [-0.15, -0.1) is 21.5 Å². The van der Waals surface area contributed by atoms with E-state index < -0.39 is 0 Å². The van der Waals surface area contributed by atoms with Crippen molar-refractivity contribution in [2.24, 2.45) is 0 Å². The Balaban J connectivity index is 1.63. The first-order valence-corrected chi connectivity index (χ1v) is 10.9. The van der Waals surface area contributed by atoms with Crippen molar-refractivity contribution < 1.29 is 4.79 Å². The standard InChI is InChI=1S/C20H24N4OS2/c1-4-11-24-19(17-6-5-12-26-17)22-23-20(24)27-13-18(25)21-16-9-7-15(8-10-16)14(2)3/h5-10,12,14H,4,11,13H2,1-3H3,(H,21,25). The highest BCUT2D eigenvalue weighted by atomic mass is 32.2. The third kappa shape index (κ3) is 4.99. The highest BCUT2D eigenvalue weighted by Crippen LogP contribution is 2.27. The van der Waals surface area contributed by atoms with E-state index in [1.54, 1.807) is 11.3 Å². The van der Waals surface area contributed by atoms with Crippen LogP contribution < -0.4 is 5.32 Å². The molecular formula is C20H24N4OS2. The van der Waals surface area contributed by atoms with Gasteiger partial charge >= 0.3 is 0 Å². The molecule has 3 aromatic rings. The second-order valence-corrected chi connectivity index (χ2v) is 8.44. The number of rotatable bonds is 8. The van der Waals surface area contributed by atoms with Gasteiger partial charge in [0, 0.05) is 12.2 Å². The summed E-state index contributed by atoms with van der Waals surface area (Å²) < 4.78 is 2.10. The molecule has 5 nitrogen and oxygen atoms in total. The molecule has 27 heavy (non-hydrogen) atoms. The first-order valence-electron chi connectivity index (χ1n) is 9.08. The zero-order valence-corrected chi connectivity index (χ0v) is 17.4. The SMILES string of the molecule is CCCn1c(SCC(=O)Nc2ccc(C(C)C)cc2)nnc1-c1cccs1. The topological polar surface area (TPSA) is 59.8 Å². The lowest BCUT2D eigenvalue weighted by atomic mass is 10.0. The zero-order valence-electron chi connectivity index (χ0n) is 15.8. The van der Waals surface area contributed by atoms with Gasteiger partial charge in [0.2, 0.25) is 5.91 Å². The molecule has 0 bridgehead atoms. The van der Waals surface area contributed by atoms with Crippen LogP contribution in [0.1, 0.15) is 38.7 Å². The summed E-state index contributed by atoms with van der Waals surface area (Å²) >= 11 is 3.07. The van der Waals surface area contributed by atoms with Crippen LogP contribution in [-0.4, -0.2) is 26.4 Å². The Hall–Kier alpha value is -2.12. The molecule has 0 aliphatic rings. The van der Waals surface area contributed by atoms with E-state index >= 15 is 0 Å². The number of carbonyl (C=O) groups is 1. The van der Waals surface area contributed by atoms with Crippen LogP contribution in [-0.2, 0) is 11.3 Å². The summed E-state index contributed by atoms with van der Waals surface area (Å²) in [4.78, 5) is 13.4. The number of nitrogens with zero attached hydrogens (tertiary/aromatic N) is 3. The summed E-state index contributed by atoms with van der Waals surface area (Å²) in [6.45, 7) is 7.27. The lowest BCUT2D eigenvalue weighted by Gasteiger charge is -2.09. The Bertz CT molecular complexity index is 870. The fourth-order valence-corrected chi connectivity index (χ4v) is 4.17. The molecule has 2 aromatic heterocycles. The van der Waals surface area contributed by atoms with Crippen molar-refractivity contribution in [1.29, 1.82) is 0 Å². The summed E-state index contributed by atoms with van der Waals surface area (Å²) in [6, 6.07) is 12.1. The van der Waals surface area contributed by atoms with Gasteiger partial charge in [0.25, 0.3) is 0 Å². The van der Waals surface area contributed by atoms with Crippen molar-refractivity contribution in [3.63, 3.8) is 0 Å². The molecule has 1 amide bonds. The minimum absolute atomic E-state index is 0.0407. The van der Waals surface area contributed by atoms with E-state index in [0.717, 1.165) is 34.5 Å². The minimum atomic E-state index is -0.0407. The van der Waals surface area contributed by atoms with Gasteiger partial charge in [-0.2, -0.15) is 0 Å². The van der Waals surface area contributed by atoms with Gasteiger partial charge in [-0.3, -0.25) is 4.79 Å². The summed E-state index contributed by atoms with van der Waals surface area (Å²) in [6.07, 6.45) is 0.984. The average Bonchev–Trinajstić information content (AvgIpc) is 3.30. The van der Waals surface area contributed by atoms with Crippen molar-refractivity contribution in [3.05, 3.63) is 47.3 Å². The number of benzene rings is 1. The van der Waals surface area contributed by atoms with Gasteiger partial charge < -0.3 is 9.88 Å². The Morgan fingerprint density at radius 3 is 2.63 bits per heavy atom. The van der Waals surface area contributed by atoms with Gasteiger partial charge in [-0.1, -0.05) is 50.7 Å². The number of carbonyl (C=O) groups excluding carboxylic acids is 1. The molecule has 1 N–H and O–H groups in total. The third-order valence-electron chi connectivity index (χ3n) is 4.10. The van der Waals surface area contributed by atoms with Crippen LogP contribution in [0.2, 0.25) is 0 Å². The van der Waals surface area contributed by atoms with E-state index in [-0.39, 0.29) is 5.91 Å². The molecule has 0 saturated heterocycles. The molecule has 0 aliphatic heterocycles. The number of anilines is 1. The fourth-order valence-electron chi connectivity index (χ4n) is 2.69. The lowest BCUT2D eigenvalue weighted by Crippen LogP contribution is -2.14. The van der Waals surface area contributed by atoms with Crippen LogP contribution in [0.5, 0.6) is 0 Å². The summed E-state index contributed by atoms with van der Waals surface area (Å²) in [5.74, 6) is 1.62. The predicted molar refractivity (Wildman–Crippen MR) is 114 cm³/mol. The van der Waals surface area contributed by atoms with Gasteiger partial charge in [0.15, 0.2) is 11.0 Å². The fraction of sp³-hybridized carbons (Fsp3) is 0.350. The first kappa shape index (κ1) is 19.6. The molecule has 2 heterocycles. The van der Waals surface area contributed by atoms with Crippen molar-refractivity contribution in [2.75, 3.05) is 11.1 Å². The van der Waals surface area contributed by atoms with Crippen LogP contribution in [0.15, 0.2) is 46.9 Å². The molecule has 0 spiro atoms. The molecule has 0 radical (unpaired) electrons. The van der Waals surface area contributed by atoms with Crippen molar-refractivity contribution in [3.8, 4) is 10.7 Å². The monoisotopic (exact) mass is 400 g/mol. The molecule has 0 atom stereocenters. The average molecular weight is 401 g/mol. The smallest absolute Gasteiger partial charge is 0.234 e. The maximum Gasteiger partial charge on any atom is 0.234 e. The van der Waals surface area contributed by atoms with E-state index in [1.165, 1.54) is 17.3 Å². The number of thioether (sulfide) groups is 1. The van der Waals surface area contributed by atoms with E-state index in [0.29, 0.717) is 11.7 Å². The van der Waals surface area contributed by atoms with Crippen LogP contribution in [0.25, 0.3) is 10.7 Å². The van der Waals surface area contributed by atoms with Gasteiger partial charge in [0.1, 0.15) is 0 Å². The zero-order chi connectivity index (χ0) is 19.2. The maximum absolute atomic E-state index is 12.3. The molecule has 0 fully saturated rings. The van der Waals surface area contributed by atoms with Crippen molar-refractivity contribution in [1.82, 2.24) is 14.8 Å². The number of aromatic nitrogens is 3. The van der Waals surface area contributed by atoms with E-state index in [9.17, 15) is 4.79 Å². The highest BCUT2D eigenvalue weighted by molar-refractivity contribution is 7.99. The largest absolute Gasteiger partial charge is 0.325 e. The van der Waals surface area contributed by atoms with Crippen LogP contribution in [0.4, 0.5) is 5.69 Å². The van der Waals surface area contributed by atoms with Crippen LogP contribution in [0, 0.1) is 0 Å². The number of nitrogens with one attached hydrogen (secondary N) is 1. The normalized spacial score (nSPS) is 11.1. The Kier molecular flexibility index (Phi) is 6.68. The highest BCUT2D eigenvalue weighted by Gasteiger charge is 2.16. The summed E-state index contributed by atoms with van der Waals surface area (Å²) in [5, 5.41) is 14.4. The molecule has 3 rings (SSSR count). The van der Waals surface area contributed by atoms with Crippen molar-refractivity contribution in [2.45, 2.75) is 44.8 Å². The number of thiophene rings is 1. The number of hydrogen-bond donors (Lipinski definition) is 1. The minimum Gasteiger partial charge on any atom is -0.325 e. The number of hydrogen-bond acceptors (Lipinski definition) is 5. The van der Waals surface area contributed by atoms with Crippen LogP contribution >= 0.6 is 23.1 Å². The van der Waals surface area contributed by atoms with E-state index in [4.69, 9.17) is 0 Å². The predicted octanol–water partition coefficient (Wildman–Crippen LogP) is 5.27. The molecule has 0 unspecified atom stereocenters. The Labute approximate surface area is 168 Å². The lowest BCUT2D eigenvalue weighted by molar-refractivity contribution is -0.113. The Morgan fingerprint density at radius 2 is 2.00 bits per heavy atom. The summed E-state index contributed by atoms with van der Waals surface area (Å²) in [5.41, 5.74) is 2.08. The second-order valence-electron chi connectivity index (χ2n) is 6.55. The molecule has 1 aromatic carbocycles. The van der Waals surface area contributed by atoms with Crippen LogP contribution in [0.3, 0.4) is 0 Å². The van der Waals surface area contributed by atoms with E-state index in [2.05, 4.69) is 53.0 Å². The maximum atomic E-state index is 12.3. The number of amides is 1. The molecule has 0 aliphatic carbocycles. The van der Waals surface area contributed by atoms with Crippen molar-refractivity contribution >= 4 is 34.7 Å². The molecular weight excluding hydrogens is 376 g/mol. The van der Waals surface area contributed by atoms with Gasteiger partial charge in [0.05, 0.1) is 10.6 Å². The second kappa shape index (κ2) is 9.19. The molecule has 142 valence electrons. The van der Waals surface area contributed by atoms with Gasteiger partial charge in [-0.25, -0.2) is 0 Å².